The van der Waals surface area contributed by atoms with E-state index in [9.17, 15) is 4.79 Å². The van der Waals surface area contributed by atoms with Crippen molar-refractivity contribution in [2.45, 2.75) is 50.0 Å². The number of nitrogens with zero attached hydrogens (tertiary/aromatic N) is 3. The third-order valence-corrected chi connectivity index (χ3v) is 10.5. The molecule has 182 valence electrons. The Morgan fingerprint density at radius 3 is 2.44 bits per heavy atom. The number of carbonyl (C=O) groups excluding carboxylic acids is 1. The lowest BCUT2D eigenvalue weighted by Crippen LogP contribution is -2.48. The van der Waals surface area contributed by atoms with Gasteiger partial charge >= 0.3 is 6.03 Å². The van der Waals surface area contributed by atoms with E-state index in [0.717, 1.165) is 40.0 Å². The molecule has 9 rings (SSSR count). The highest BCUT2D eigenvalue weighted by Gasteiger charge is 2.53. The molecular weight excluding hydrogens is 466 g/mol. The first-order valence-corrected chi connectivity index (χ1v) is 14.0. The Morgan fingerprint density at radius 1 is 0.944 bits per heavy atom. The molecular formula is C29H29N5OS. The van der Waals surface area contributed by atoms with E-state index in [0.29, 0.717) is 12.0 Å². The highest BCUT2D eigenvalue weighted by molar-refractivity contribution is 7.15. The van der Waals surface area contributed by atoms with Gasteiger partial charge in [0.1, 0.15) is 0 Å². The van der Waals surface area contributed by atoms with Gasteiger partial charge in [-0.25, -0.2) is 14.8 Å². The number of anilines is 1. The van der Waals surface area contributed by atoms with Crippen LogP contribution in [0.25, 0.3) is 21.5 Å². The summed E-state index contributed by atoms with van der Waals surface area (Å²) >= 11 is 1.91. The number of benzene rings is 2. The number of fused-ring (bicyclic) bond motifs is 1. The van der Waals surface area contributed by atoms with Gasteiger partial charge in [-0.3, -0.25) is 4.90 Å². The predicted octanol–water partition coefficient (Wildman–Crippen LogP) is 6.43. The number of amides is 2. The number of H-pyrrole nitrogens is 1. The van der Waals surface area contributed by atoms with Gasteiger partial charge in [-0.15, -0.1) is 11.3 Å². The molecule has 0 spiro atoms. The molecule has 0 radical (unpaired) electrons. The van der Waals surface area contributed by atoms with Crippen LogP contribution in [0.3, 0.4) is 0 Å². The summed E-state index contributed by atoms with van der Waals surface area (Å²) in [5.41, 5.74) is 5.41. The number of urea groups is 1. The molecule has 1 atom stereocenters. The first kappa shape index (κ1) is 20.9. The first-order chi connectivity index (χ1) is 17.6. The van der Waals surface area contributed by atoms with E-state index >= 15 is 0 Å². The quantitative estimate of drug-likeness (QED) is 0.343. The summed E-state index contributed by atoms with van der Waals surface area (Å²) < 4.78 is 0. The smallest absolute Gasteiger partial charge is 0.322 e. The highest BCUT2D eigenvalue weighted by Crippen LogP contribution is 2.61. The lowest BCUT2D eigenvalue weighted by Gasteiger charge is -2.56. The van der Waals surface area contributed by atoms with Gasteiger partial charge in [0.25, 0.3) is 0 Å². The maximum Gasteiger partial charge on any atom is 0.322 e. The van der Waals surface area contributed by atoms with Gasteiger partial charge in [-0.2, -0.15) is 0 Å². The standard InChI is InChI=1S/C29H29N5OS/c35-28-31-14-25(34(28)22-5-6-23-24(10-22)33-16-32-23)20-1-3-21(4-2-20)26-15-30-27(36-26)29-11-17-7-18(12-29)9-19(8-17)13-29/h1-6,10,15-19,25H,7-9,11-14H2,(H,31,35)(H,32,33). The average Bonchev–Trinajstić information content (AvgIpc) is 3.63. The molecule has 7 heteroatoms. The molecule has 2 aromatic carbocycles. The molecule has 2 aromatic heterocycles. The number of hydrogen-bond acceptors (Lipinski definition) is 4. The Labute approximate surface area is 214 Å². The minimum atomic E-state index is -0.0642. The fourth-order valence-corrected chi connectivity index (χ4v) is 9.17. The summed E-state index contributed by atoms with van der Waals surface area (Å²) in [5.74, 6) is 2.80. The van der Waals surface area contributed by atoms with E-state index in [1.165, 1.54) is 54.0 Å². The zero-order valence-corrected chi connectivity index (χ0v) is 20.9. The average molecular weight is 496 g/mol. The molecule has 1 aliphatic heterocycles. The molecule has 2 N–H and O–H groups in total. The van der Waals surface area contributed by atoms with E-state index in [1.807, 2.05) is 34.4 Å². The van der Waals surface area contributed by atoms with Gasteiger partial charge < -0.3 is 10.3 Å². The maximum absolute atomic E-state index is 12.8. The summed E-state index contributed by atoms with van der Waals surface area (Å²) in [7, 11) is 0. The van der Waals surface area contributed by atoms with Crippen LogP contribution in [-0.4, -0.2) is 27.5 Å². The second kappa shape index (κ2) is 7.65. The SMILES string of the molecule is O=C1NCC(c2ccc(-c3cnc(C45CC6CC(CC(C6)C4)C5)s3)cc2)N1c1ccc2nc[nH]c2c1. The van der Waals surface area contributed by atoms with Gasteiger partial charge in [0.2, 0.25) is 0 Å². The van der Waals surface area contributed by atoms with Gasteiger partial charge in [-0.1, -0.05) is 24.3 Å². The third-order valence-electron chi connectivity index (χ3n) is 9.24. The summed E-state index contributed by atoms with van der Waals surface area (Å²) in [6, 6.07) is 14.6. The van der Waals surface area contributed by atoms with Crippen LogP contribution in [0, 0.1) is 17.8 Å². The number of carbonyl (C=O) groups is 1. The van der Waals surface area contributed by atoms with Crippen molar-refractivity contribution in [1.29, 1.82) is 0 Å². The van der Waals surface area contributed by atoms with Crippen LogP contribution in [0.1, 0.15) is 55.1 Å². The van der Waals surface area contributed by atoms with Crippen LogP contribution in [0.2, 0.25) is 0 Å². The van der Waals surface area contributed by atoms with Crippen molar-refractivity contribution in [2.75, 3.05) is 11.4 Å². The minimum Gasteiger partial charge on any atom is -0.345 e. The first-order valence-electron chi connectivity index (χ1n) is 13.2. The number of nitrogens with one attached hydrogen (secondary N) is 2. The summed E-state index contributed by atoms with van der Waals surface area (Å²) in [4.78, 5) is 28.3. The molecule has 1 unspecified atom stereocenters. The van der Waals surface area contributed by atoms with Crippen molar-refractivity contribution in [3.8, 4) is 10.4 Å². The number of aromatic amines is 1. The summed E-state index contributed by atoms with van der Waals surface area (Å²) in [5, 5.41) is 4.41. The zero-order chi connectivity index (χ0) is 23.9. The molecule has 6 nitrogen and oxygen atoms in total. The second-order valence-corrected chi connectivity index (χ2v) is 12.6. The Morgan fingerprint density at radius 2 is 1.69 bits per heavy atom. The van der Waals surface area contributed by atoms with E-state index in [2.05, 4.69) is 45.7 Å². The molecule has 5 fully saturated rings. The normalized spacial score (nSPS) is 30.9. The molecule has 5 aliphatic rings. The highest BCUT2D eigenvalue weighted by atomic mass is 32.1. The van der Waals surface area contributed by atoms with E-state index in [-0.39, 0.29) is 12.1 Å². The Kier molecular flexibility index (Phi) is 4.45. The van der Waals surface area contributed by atoms with Crippen LogP contribution >= 0.6 is 11.3 Å². The monoisotopic (exact) mass is 495 g/mol. The maximum atomic E-state index is 12.8. The molecule has 1 saturated heterocycles. The van der Waals surface area contributed by atoms with E-state index in [4.69, 9.17) is 4.98 Å². The molecule has 4 aliphatic carbocycles. The minimum absolute atomic E-state index is 0.0454. The van der Waals surface area contributed by atoms with Gasteiger partial charge in [0.05, 0.1) is 33.3 Å². The van der Waals surface area contributed by atoms with Crippen molar-refractivity contribution in [1.82, 2.24) is 20.3 Å². The topological polar surface area (TPSA) is 73.9 Å². The number of imidazole rings is 1. The Hall–Kier alpha value is -3.19. The fraction of sp³-hybridized carbons (Fsp3) is 0.414. The predicted molar refractivity (Wildman–Crippen MR) is 142 cm³/mol. The molecule has 4 aromatic rings. The lowest BCUT2D eigenvalue weighted by atomic mass is 9.50. The molecule has 2 amide bonds. The van der Waals surface area contributed by atoms with Crippen molar-refractivity contribution in [3.05, 3.63) is 65.6 Å². The summed E-state index contributed by atoms with van der Waals surface area (Å²) in [6.07, 6.45) is 12.2. The zero-order valence-electron chi connectivity index (χ0n) is 20.1. The third kappa shape index (κ3) is 3.18. The molecule has 3 heterocycles. The van der Waals surface area contributed by atoms with Crippen molar-refractivity contribution in [3.63, 3.8) is 0 Å². The number of aromatic nitrogens is 3. The Bertz CT molecular complexity index is 1440. The van der Waals surface area contributed by atoms with Crippen LogP contribution < -0.4 is 10.2 Å². The van der Waals surface area contributed by atoms with Crippen molar-refractivity contribution in [2.24, 2.45) is 17.8 Å². The van der Waals surface area contributed by atoms with Crippen molar-refractivity contribution < 1.29 is 4.79 Å². The molecule has 4 bridgehead atoms. The van der Waals surface area contributed by atoms with E-state index in [1.54, 1.807) is 6.33 Å². The number of hydrogen-bond donors (Lipinski definition) is 2. The van der Waals surface area contributed by atoms with Crippen LogP contribution in [-0.2, 0) is 5.41 Å². The lowest BCUT2D eigenvalue weighted by molar-refractivity contribution is -0.00527. The number of rotatable bonds is 4. The van der Waals surface area contributed by atoms with Crippen molar-refractivity contribution >= 4 is 34.1 Å². The second-order valence-electron chi connectivity index (χ2n) is 11.5. The van der Waals surface area contributed by atoms with Gasteiger partial charge in [0, 0.05) is 23.8 Å². The van der Waals surface area contributed by atoms with E-state index < -0.39 is 0 Å². The molecule has 36 heavy (non-hydrogen) atoms. The fourth-order valence-electron chi connectivity index (χ4n) is 8.03. The van der Waals surface area contributed by atoms with Crippen LogP contribution in [0.4, 0.5) is 10.5 Å². The number of thiazole rings is 1. The largest absolute Gasteiger partial charge is 0.345 e. The van der Waals surface area contributed by atoms with Gasteiger partial charge in [-0.05, 0) is 85.6 Å². The van der Waals surface area contributed by atoms with Crippen LogP contribution in [0.15, 0.2) is 55.0 Å². The summed E-state index contributed by atoms with van der Waals surface area (Å²) in [6.45, 7) is 0.593. The van der Waals surface area contributed by atoms with Gasteiger partial charge in [0.15, 0.2) is 0 Å². The Balaban J connectivity index is 1.06. The van der Waals surface area contributed by atoms with Crippen LogP contribution in [0.5, 0.6) is 0 Å². The molecule has 4 saturated carbocycles.